The number of para-hydroxylation sites is 1. The molecule has 9 heteroatoms. The number of benzene rings is 1. The predicted molar refractivity (Wildman–Crippen MR) is 98.3 cm³/mol. The molecule has 0 saturated carbocycles. The van der Waals surface area contributed by atoms with Crippen molar-refractivity contribution in [1.82, 2.24) is 10.3 Å². The number of fused-ring (bicyclic) bond motifs is 1. The lowest BCUT2D eigenvalue weighted by atomic mass is 9.98. The number of halogens is 6. The Labute approximate surface area is 165 Å². The maximum absolute atomic E-state index is 13.3. The Hall–Kier alpha value is -1.87. The Morgan fingerprint density at radius 2 is 1.69 bits per heavy atom. The van der Waals surface area contributed by atoms with Gasteiger partial charge in [0.1, 0.15) is 5.69 Å². The minimum atomic E-state index is -4.91. The zero-order valence-electron chi connectivity index (χ0n) is 16.0. The van der Waals surface area contributed by atoms with E-state index in [0.29, 0.717) is 18.7 Å². The van der Waals surface area contributed by atoms with Gasteiger partial charge in [-0.3, -0.25) is 0 Å². The van der Waals surface area contributed by atoms with Crippen LogP contribution < -0.4 is 5.32 Å². The number of aromatic nitrogens is 1. The maximum Gasteiger partial charge on any atom is 0.433 e. The number of hydrogen-bond donors (Lipinski definition) is 2. The second-order valence-corrected chi connectivity index (χ2v) is 6.90. The van der Waals surface area contributed by atoms with Gasteiger partial charge in [0.05, 0.1) is 23.7 Å². The van der Waals surface area contributed by atoms with Gasteiger partial charge in [-0.05, 0) is 30.7 Å². The molecule has 1 atom stereocenters. The van der Waals surface area contributed by atoms with Crippen LogP contribution >= 0.6 is 0 Å². The highest BCUT2D eigenvalue weighted by molar-refractivity contribution is 5.86. The fourth-order valence-electron chi connectivity index (χ4n) is 3.21. The molecule has 0 aliphatic heterocycles. The number of aliphatic hydroxyl groups is 1. The van der Waals surface area contributed by atoms with Gasteiger partial charge in [0.15, 0.2) is 0 Å². The van der Waals surface area contributed by atoms with Crippen molar-refractivity contribution in [2.24, 2.45) is 0 Å². The van der Waals surface area contributed by atoms with Crippen LogP contribution in [0, 0.1) is 0 Å². The Kier molecular flexibility index (Phi) is 7.87. The van der Waals surface area contributed by atoms with Gasteiger partial charge < -0.3 is 10.4 Å². The third-order valence-electron chi connectivity index (χ3n) is 4.70. The first kappa shape index (κ1) is 23.4. The number of alkyl halides is 6. The average molecular weight is 422 g/mol. The minimum Gasteiger partial charge on any atom is -0.394 e. The maximum atomic E-state index is 13.3. The van der Waals surface area contributed by atoms with Crippen molar-refractivity contribution in [2.45, 2.75) is 57.4 Å². The summed E-state index contributed by atoms with van der Waals surface area (Å²) in [4.78, 5) is 3.27. The van der Waals surface area contributed by atoms with E-state index in [4.69, 9.17) is 0 Å². The molecule has 0 aliphatic rings. The van der Waals surface area contributed by atoms with Gasteiger partial charge in [-0.25, -0.2) is 4.98 Å². The molecule has 3 nitrogen and oxygen atoms in total. The van der Waals surface area contributed by atoms with Crippen molar-refractivity contribution in [3.8, 4) is 0 Å². The topological polar surface area (TPSA) is 45.1 Å². The molecule has 0 radical (unpaired) electrons. The highest BCUT2D eigenvalue weighted by Crippen LogP contribution is 2.38. The van der Waals surface area contributed by atoms with E-state index in [0.717, 1.165) is 38.2 Å². The highest BCUT2D eigenvalue weighted by Gasteiger charge is 2.38. The second-order valence-electron chi connectivity index (χ2n) is 6.90. The van der Waals surface area contributed by atoms with E-state index in [1.807, 2.05) is 0 Å². The number of hydrogen-bond acceptors (Lipinski definition) is 3. The van der Waals surface area contributed by atoms with E-state index in [1.54, 1.807) is 0 Å². The second kappa shape index (κ2) is 9.75. The Morgan fingerprint density at radius 1 is 1.00 bits per heavy atom. The van der Waals surface area contributed by atoms with Crippen LogP contribution in [0.1, 0.15) is 61.9 Å². The lowest BCUT2D eigenvalue weighted by molar-refractivity contribution is -0.142. The summed E-state index contributed by atoms with van der Waals surface area (Å²) in [5, 5.41) is 12.6. The van der Waals surface area contributed by atoms with E-state index in [1.165, 1.54) is 6.07 Å². The van der Waals surface area contributed by atoms with E-state index in [2.05, 4.69) is 17.2 Å². The summed E-state index contributed by atoms with van der Waals surface area (Å²) in [5.41, 5.74) is -3.48. The molecule has 0 aliphatic carbocycles. The fourth-order valence-corrected chi connectivity index (χ4v) is 3.21. The Morgan fingerprint density at radius 3 is 2.28 bits per heavy atom. The smallest absolute Gasteiger partial charge is 0.394 e. The lowest BCUT2D eigenvalue weighted by Crippen LogP contribution is -2.26. The molecule has 0 saturated heterocycles. The zero-order valence-corrected chi connectivity index (χ0v) is 16.0. The van der Waals surface area contributed by atoms with Crippen LogP contribution in [0.4, 0.5) is 26.3 Å². The van der Waals surface area contributed by atoms with Gasteiger partial charge in [0.25, 0.3) is 0 Å². The van der Waals surface area contributed by atoms with E-state index in [-0.39, 0.29) is 10.9 Å². The molecule has 2 rings (SSSR count). The SMILES string of the molecule is CCCCCCCN[C@@H](CO)c1cc(C(F)(F)F)nc2c(C(F)(F)F)cccc12. The van der Waals surface area contributed by atoms with Crippen molar-refractivity contribution in [2.75, 3.05) is 13.2 Å². The molecular formula is C20H24F6N2O. The third-order valence-corrected chi connectivity index (χ3v) is 4.70. The summed E-state index contributed by atoms with van der Waals surface area (Å²) in [7, 11) is 0. The molecule has 1 aromatic carbocycles. The number of nitrogens with one attached hydrogen (secondary N) is 1. The quantitative estimate of drug-likeness (QED) is 0.393. The first-order valence-electron chi connectivity index (χ1n) is 9.51. The highest BCUT2D eigenvalue weighted by atomic mass is 19.4. The zero-order chi connectivity index (χ0) is 21.7. The molecular weight excluding hydrogens is 398 g/mol. The largest absolute Gasteiger partial charge is 0.433 e. The number of unbranched alkanes of at least 4 members (excludes halogenated alkanes) is 4. The molecule has 1 aromatic heterocycles. The van der Waals surface area contributed by atoms with Crippen molar-refractivity contribution in [3.63, 3.8) is 0 Å². The summed E-state index contributed by atoms with van der Waals surface area (Å²) in [6.07, 6.45) is -4.93. The molecule has 0 bridgehead atoms. The summed E-state index contributed by atoms with van der Waals surface area (Å²) in [5.74, 6) is 0. The van der Waals surface area contributed by atoms with Crippen LogP contribution in [0.3, 0.4) is 0 Å². The van der Waals surface area contributed by atoms with Gasteiger partial charge in [0, 0.05) is 5.39 Å². The van der Waals surface area contributed by atoms with Crippen LogP contribution in [0.2, 0.25) is 0 Å². The third kappa shape index (κ3) is 6.05. The van der Waals surface area contributed by atoms with E-state index < -0.39 is 41.8 Å². The van der Waals surface area contributed by atoms with Crippen molar-refractivity contribution >= 4 is 10.9 Å². The number of nitrogens with zero attached hydrogens (tertiary/aromatic N) is 1. The van der Waals surface area contributed by atoms with Crippen molar-refractivity contribution < 1.29 is 31.4 Å². The molecule has 0 fully saturated rings. The summed E-state index contributed by atoms with van der Waals surface area (Å²) in [6, 6.07) is 2.90. The molecule has 0 spiro atoms. The van der Waals surface area contributed by atoms with Gasteiger partial charge in [-0.15, -0.1) is 0 Å². The summed E-state index contributed by atoms with van der Waals surface area (Å²) >= 11 is 0. The van der Waals surface area contributed by atoms with Crippen LogP contribution in [-0.4, -0.2) is 23.2 Å². The Balaban J connectivity index is 2.44. The number of rotatable bonds is 9. The van der Waals surface area contributed by atoms with Gasteiger partial charge in [-0.2, -0.15) is 26.3 Å². The standard InChI is InChI=1S/C20H24F6N2O/c1-2-3-4-5-6-10-27-16(12-29)14-11-17(20(24,25)26)28-18-13(14)8-7-9-15(18)19(21,22)23/h7-9,11,16,27,29H,2-6,10,12H2,1H3/t16-/m0/s1. The molecule has 1 heterocycles. The van der Waals surface area contributed by atoms with Crippen molar-refractivity contribution in [1.29, 1.82) is 0 Å². The van der Waals surface area contributed by atoms with Crippen LogP contribution in [0.5, 0.6) is 0 Å². The average Bonchev–Trinajstić information content (AvgIpc) is 2.65. The summed E-state index contributed by atoms with van der Waals surface area (Å²) in [6.45, 7) is 1.95. The monoisotopic (exact) mass is 422 g/mol. The fraction of sp³-hybridized carbons (Fsp3) is 0.550. The molecule has 0 unspecified atom stereocenters. The summed E-state index contributed by atoms with van der Waals surface area (Å²) < 4.78 is 79.8. The van der Waals surface area contributed by atoms with E-state index >= 15 is 0 Å². The van der Waals surface area contributed by atoms with Crippen LogP contribution in [-0.2, 0) is 12.4 Å². The van der Waals surface area contributed by atoms with E-state index in [9.17, 15) is 31.4 Å². The van der Waals surface area contributed by atoms with Crippen LogP contribution in [0.25, 0.3) is 10.9 Å². The Bertz CT molecular complexity index is 804. The first-order chi connectivity index (χ1) is 13.6. The van der Waals surface area contributed by atoms with Gasteiger partial charge in [0.2, 0.25) is 0 Å². The molecule has 29 heavy (non-hydrogen) atoms. The molecule has 2 aromatic rings. The number of pyridine rings is 1. The normalized spacial score (nSPS) is 13.8. The minimum absolute atomic E-state index is 0.0514. The van der Waals surface area contributed by atoms with Gasteiger partial charge >= 0.3 is 12.4 Å². The molecule has 0 amide bonds. The molecule has 162 valence electrons. The van der Waals surface area contributed by atoms with Crippen molar-refractivity contribution in [3.05, 3.63) is 41.1 Å². The number of aliphatic hydroxyl groups excluding tert-OH is 1. The lowest BCUT2D eigenvalue weighted by Gasteiger charge is -2.21. The first-order valence-corrected chi connectivity index (χ1v) is 9.51. The molecule has 2 N–H and O–H groups in total. The van der Waals surface area contributed by atoms with Gasteiger partial charge in [-0.1, -0.05) is 44.7 Å². The predicted octanol–water partition coefficient (Wildman–Crippen LogP) is 5.87. The van der Waals surface area contributed by atoms with Crippen LogP contribution in [0.15, 0.2) is 24.3 Å².